The van der Waals surface area contributed by atoms with Crippen molar-refractivity contribution >= 4 is 5.91 Å². The zero-order valence-electron chi connectivity index (χ0n) is 13.8. The van der Waals surface area contributed by atoms with Crippen LogP contribution in [0.15, 0.2) is 24.3 Å². The highest BCUT2D eigenvalue weighted by Gasteiger charge is 2.29. The monoisotopic (exact) mass is 316 g/mol. The molecule has 3 rings (SSSR count). The van der Waals surface area contributed by atoms with Crippen LogP contribution in [0.3, 0.4) is 0 Å². The molecule has 0 radical (unpaired) electrons. The Labute approximate surface area is 138 Å². The number of benzene rings is 1. The molecule has 1 aromatic carbocycles. The van der Waals surface area contributed by atoms with Crippen molar-refractivity contribution in [2.45, 2.75) is 51.0 Å². The molecule has 2 fully saturated rings. The topological polar surface area (TPSA) is 52.6 Å². The molecule has 2 N–H and O–H groups in total. The molecule has 1 aliphatic carbocycles. The molecule has 1 aliphatic heterocycles. The van der Waals surface area contributed by atoms with E-state index in [0.717, 1.165) is 24.7 Å². The van der Waals surface area contributed by atoms with E-state index in [1.54, 1.807) is 12.1 Å². The van der Waals surface area contributed by atoms with Gasteiger partial charge in [-0.1, -0.05) is 25.0 Å². The molecular formula is C19H28N2O2. The Balaban J connectivity index is 1.34. The molecule has 1 heterocycles. The van der Waals surface area contributed by atoms with Gasteiger partial charge in [0.05, 0.1) is 0 Å². The molecule has 1 saturated carbocycles. The lowest BCUT2D eigenvalue weighted by atomic mass is 10.1. The van der Waals surface area contributed by atoms with Gasteiger partial charge in [0.2, 0.25) is 5.91 Å². The molecule has 0 aromatic heterocycles. The van der Waals surface area contributed by atoms with E-state index in [-0.39, 0.29) is 11.7 Å². The summed E-state index contributed by atoms with van der Waals surface area (Å²) in [5.74, 6) is 0.994. The van der Waals surface area contributed by atoms with Crippen molar-refractivity contribution < 1.29 is 9.90 Å². The molecule has 0 bridgehead atoms. The average molecular weight is 316 g/mol. The molecule has 126 valence electrons. The first-order chi connectivity index (χ1) is 11.2. The second-order valence-corrected chi connectivity index (χ2v) is 7.06. The van der Waals surface area contributed by atoms with Crippen LogP contribution in [-0.2, 0) is 11.2 Å². The largest absolute Gasteiger partial charge is 0.508 e. The molecule has 1 atom stereocenters. The van der Waals surface area contributed by atoms with Crippen molar-refractivity contribution in [3.8, 4) is 5.75 Å². The van der Waals surface area contributed by atoms with Crippen LogP contribution in [0.25, 0.3) is 0 Å². The number of rotatable bonds is 6. The second-order valence-electron chi connectivity index (χ2n) is 7.06. The van der Waals surface area contributed by atoms with Gasteiger partial charge in [-0.3, -0.25) is 4.79 Å². The molecule has 0 unspecified atom stereocenters. The van der Waals surface area contributed by atoms with Crippen LogP contribution in [0.2, 0.25) is 0 Å². The summed E-state index contributed by atoms with van der Waals surface area (Å²) in [7, 11) is 0. The Kier molecular flexibility index (Phi) is 5.55. The minimum Gasteiger partial charge on any atom is -0.508 e. The number of carbonyl (C=O) groups excluding carboxylic acids is 1. The summed E-state index contributed by atoms with van der Waals surface area (Å²) in [4.78, 5) is 14.6. The molecule has 0 spiro atoms. The molecule has 4 heteroatoms. The number of likely N-dealkylation sites (tertiary alicyclic amines) is 1. The normalized spacial score (nSPS) is 22.5. The second kappa shape index (κ2) is 7.82. The van der Waals surface area contributed by atoms with Gasteiger partial charge in [0, 0.05) is 25.6 Å². The fourth-order valence-corrected chi connectivity index (χ4v) is 3.95. The highest BCUT2D eigenvalue weighted by molar-refractivity contribution is 5.76. The summed E-state index contributed by atoms with van der Waals surface area (Å²) in [6, 6.07) is 7.95. The zero-order valence-corrected chi connectivity index (χ0v) is 13.8. The van der Waals surface area contributed by atoms with Gasteiger partial charge in [0.25, 0.3) is 0 Å². The average Bonchev–Trinajstić information content (AvgIpc) is 3.22. The van der Waals surface area contributed by atoms with E-state index in [1.807, 2.05) is 12.1 Å². The maximum Gasteiger partial charge on any atom is 0.220 e. The fourth-order valence-electron chi connectivity index (χ4n) is 3.95. The quantitative estimate of drug-likeness (QED) is 0.848. The number of nitrogens with zero attached hydrogens (tertiary/aromatic N) is 1. The number of nitrogens with one attached hydrogen (secondary N) is 1. The van der Waals surface area contributed by atoms with Crippen LogP contribution in [0.1, 0.15) is 44.1 Å². The van der Waals surface area contributed by atoms with Crippen molar-refractivity contribution in [3.63, 3.8) is 0 Å². The first-order valence-corrected chi connectivity index (χ1v) is 8.99. The van der Waals surface area contributed by atoms with Crippen molar-refractivity contribution in [2.24, 2.45) is 5.92 Å². The third-order valence-electron chi connectivity index (χ3n) is 5.30. The highest BCUT2D eigenvalue weighted by atomic mass is 16.3. The molecule has 1 amide bonds. The van der Waals surface area contributed by atoms with E-state index >= 15 is 0 Å². The number of hydrogen-bond acceptors (Lipinski definition) is 3. The summed E-state index contributed by atoms with van der Waals surface area (Å²) >= 11 is 0. The van der Waals surface area contributed by atoms with Crippen molar-refractivity contribution in [3.05, 3.63) is 29.8 Å². The third-order valence-corrected chi connectivity index (χ3v) is 5.30. The Morgan fingerprint density at radius 2 is 2.09 bits per heavy atom. The lowest BCUT2D eigenvalue weighted by Crippen LogP contribution is -2.34. The summed E-state index contributed by atoms with van der Waals surface area (Å²) < 4.78 is 0. The number of amides is 1. The first-order valence-electron chi connectivity index (χ1n) is 8.99. The smallest absolute Gasteiger partial charge is 0.220 e. The standard InChI is InChI=1S/C19H28N2O2/c22-18-7-3-4-15(12-18)8-9-19(23)20-13-16-10-11-21(14-16)17-5-1-2-6-17/h3-4,7,12,16-17,22H,1-2,5-6,8-11,13-14H2,(H,20,23)/t16-/m1/s1. The summed E-state index contributed by atoms with van der Waals surface area (Å²) in [5, 5.41) is 12.5. The Hall–Kier alpha value is -1.55. The van der Waals surface area contributed by atoms with Gasteiger partial charge in [-0.15, -0.1) is 0 Å². The van der Waals surface area contributed by atoms with Gasteiger partial charge in [-0.25, -0.2) is 0 Å². The van der Waals surface area contributed by atoms with Crippen LogP contribution in [0, 0.1) is 5.92 Å². The minimum absolute atomic E-state index is 0.118. The van der Waals surface area contributed by atoms with Crippen LogP contribution < -0.4 is 5.32 Å². The fraction of sp³-hybridized carbons (Fsp3) is 0.632. The number of hydrogen-bond donors (Lipinski definition) is 2. The Bertz CT molecular complexity index is 526. The summed E-state index contributed by atoms with van der Waals surface area (Å²) in [6.45, 7) is 3.16. The number of phenols is 1. The number of aryl methyl sites for hydroxylation is 1. The summed E-state index contributed by atoms with van der Waals surface area (Å²) in [6.07, 6.45) is 7.88. The van der Waals surface area contributed by atoms with Gasteiger partial charge in [0.15, 0.2) is 0 Å². The summed E-state index contributed by atoms with van der Waals surface area (Å²) in [5.41, 5.74) is 1.01. The van der Waals surface area contributed by atoms with E-state index in [0.29, 0.717) is 18.8 Å². The van der Waals surface area contributed by atoms with E-state index in [2.05, 4.69) is 10.2 Å². The van der Waals surface area contributed by atoms with E-state index in [1.165, 1.54) is 38.6 Å². The number of aromatic hydroxyl groups is 1. The van der Waals surface area contributed by atoms with Crippen LogP contribution in [0.4, 0.5) is 0 Å². The predicted octanol–water partition coefficient (Wildman–Crippen LogP) is 2.71. The maximum atomic E-state index is 12.0. The maximum absolute atomic E-state index is 12.0. The minimum atomic E-state index is 0.118. The Morgan fingerprint density at radius 1 is 1.26 bits per heavy atom. The highest BCUT2D eigenvalue weighted by Crippen LogP contribution is 2.28. The lowest BCUT2D eigenvalue weighted by molar-refractivity contribution is -0.121. The van der Waals surface area contributed by atoms with Gasteiger partial charge >= 0.3 is 0 Å². The van der Waals surface area contributed by atoms with Gasteiger partial charge < -0.3 is 15.3 Å². The van der Waals surface area contributed by atoms with E-state index in [4.69, 9.17) is 0 Å². The molecule has 4 nitrogen and oxygen atoms in total. The van der Waals surface area contributed by atoms with Gasteiger partial charge in [-0.2, -0.15) is 0 Å². The Morgan fingerprint density at radius 3 is 2.87 bits per heavy atom. The molecular weight excluding hydrogens is 288 g/mol. The lowest BCUT2D eigenvalue weighted by Gasteiger charge is -2.23. The molecule has 1 aromatic rings. The van der Waals surface area contributed by atoms with E-state index < -0.39 is 0 Å². The van der Waals surface area contributed by atoms with Gasteiger partial charge in [-0.05, 0) is 55.8 Å². The van der Waals surface area contributed by atoms with Gasteiger partial charge in [0.1, 0.15) is 5.75 Å². The van der Waals surface area contributed by atoms with Crippen molar-refractivity contribution in [1.29, 1.82) is 0 Å². The van der Waals surface area contributed by atoms with Crippen LogP contribution in [-0.4, -0.2) is 41.6 Å². The van der Waals surface area contributed by atoms with Crippen LogP contribution in [0.5, 0.6) is 5.75 Å². The zero-order chi connectivity index (χ0) is 16.1. The van der Waals surface area contributed by atoms with Crippen molar-refractivity contribution in [1.82, 2.24) is 10.2 Å². The number of phenolic OH excluding ortho intramolecular Hbond substituents is 1. The first kappa shape index (κ1) is 16.3. The predicted molar refractivity (Wildman–Crippen MR) is 91.4 cm³/mol. The third kappa shape index (κ3) is 4.71. The number of carbonyl (C=O) groups is 1. The SMILES string of the molecule is O=C(CCc1cccc(O)c1)NC[C@H]1CCN(C2CCCC2)C1. The molecule has 1 saturated heterocycles. The van der Waals surface area contributed by atoms with Crippen molar-refractivity contribution in [2.75, 3.05) is 19.6 Å². The van der Waals surface area contributed by atoms with Crippen LogP contribution >= 0.6 is 0 Å². The molecule has 23 heavy (non-hydrogen) atoms. The molecule has 2 aliphatic rings. The van der Waals surface area contributed by atoms with E-state index in [9.17, 15) is 9.90 Å².